The highest BCUT2D eigenvalue weighted by atomic mass is 16.1. The van der Waals surface area contributed by atoms with Crippen LogP contribution in [-0.2, 0) is 4.79 Å². The van der Waals surface area contributed by atoms with Crippen LogP contribution >= 0.6 is 0 Å². The van der Waals surface area contributed by atoms with Crippen molar-refractivity contribution in [2.75, 3.05) is 13.1 Å². The van der Waals surface area contributed by atoms with Crippen molar-refractivity contribution in [3.05, 3.63) is 0 Å². The Kier molecular flexibility index (Phi) is 5.22. The molecule has 1 rings (SSSR count). The van der Waals surface area contributed by atoms with Gasteiger partial charge in [0.2, 0.25) is 5.91 Å². The molecule has 1 unspecified atom stereocenters. The fraction of sp³-hybridized carbons (Fsp3) is 0.917. The molecule has 1 aliphatic rings. The summed E-state index contributed by atoms with van der Waals surface area (Å²) < 4.78 is 0. The van der Waals surface area contributed by atoms with E-state index in [1.165, 1.54) is 12.8 Å². The standard InChI is InChI=1S/C12H25N3O/c1-4-7-15(9(2)3)8-11(12(13)16)14-10-5-6-10/h9-11,14H,4-8H2,1-3H3,(H2,13,16). The van der Waals surface area contributed by atoms with Gasteiger partial charge in [0.1, 0.15) is 0 Å². The summed E-state index contributed by atoms with van der Waals surface area (Å²) in [6.45, 7) is 8.23. The van der Waals surface area contributed by atoms with Crippen LogP contribution in [0.2, 0.25) is 0 Å². The number of carbonyl (C=O) groups is 1. The summed E-state index contributed by atoms with van der Waals surface area (Å²) in [6, 6.07) is 0.789. The number of nitrogens with two attached hydrogens (primary N) is 1. The molecule has 0 heterocycles. The van der Waals surface area contributed by atoms with Crippen LogP contribution in [0.1, 0.15) is 40.0 Å². The van der Waals surface area contributed by atoms with E-state index in [0.29, 0.717) is 12.1 Å². The van der Waals surface area contributed by atoms with Gasteiger partial charge >= 0.3 is 0 Å². The lowest BCUT2D eigenvalue weighted by atomic mass is 10.2. The fourth-order valence-electron chi connectivity index (χ4n) is 1.84. The predicted octanol–water partition coefficient (Wildman–Crippen LogP) is 0.713. The van der Waals surface area contributed by atoms with E-state index in [-0.39, 0.29) is 11.9 Å². The Bertz CT molecular complexity index is 226. The van der Waals surface area contributed by atoms with E-state index < -0.39 is 0 Å². The lowest BCUT2D eigenvalue weighted by molar-refractivity contribution is -0.120. The Morgan fingerprint density at radius 1 is 1.50 bits per heavy atom. The van der Waals surface area contributed by atoms with Gasteiger partial charge in [-0.1, -0.05) is 6.92 Å². The molecule has 0 aliphatic heterocycles. The van der Waals surface area contributed by atoms with Gasteiger partial charge < -0.3 is 11.1 Å². The molecule has 0 aromatic rings. The number of carbonyl (C=O) groups excluding carboxylic acids is 1. The number of rotatable bonds is 8. The van der Waals surface area contributed by atoms with Crippen molar-refractivity contribution in [1.29, 1.82) is 0 Å². The highest BCUT2D eigenvalue weighted by molar-refractivity contribution is 5.80. The van der Waals surface area contributed by atoms with E-state index in [1.54, 1.807) is 0 Å². The maximum atomic E-state index is 11.4. The average Bonchev–Trinajstić information content (AvgIpc) is 2.99. The molecule has 0 bridgehead atoms. The Morgan fingerprint density at radius 2 is 2.12 bits per heavy atom. The largest absolute Gasteiger partial charge is 0.368 e. The molecule has 0 aromatic heterocycles. The third-order valence-electron chi connectivity index (χ3n) is 3.02. The molecule has 0 aromatic carbocycles. The van der Waals surface area contributed by atoms with Crippen LogP contribution in [0.4, 0.5) is 0 Å². The molecule has 16 heavy (non-hydrogen) atoms. The van der Waals surface area contributed by atoms with Crippen molar-refractivity contribution >= 4 is 5.91 Å². The molecule has 94 valence electrons. The van der Waals surface area contributed by atoms with E-state index in [0.717, 1.165) is 19.5 Å². The second-order valence-corrected chi connectivity index (χ2v) is 4.98. The first kappa shape index (κ1) is 13.5. The van der Waals surface area contributed by atoms with Crippen LogP contribution in [0.15, 0.2) is 0 Å². The lowest BCUT2D eigenvalue weighted by Crippen LogP contribution is -2.51. The quantitative estimate of drug-likeness (QED) is 0.642. The van der Waals surface area contributed by atoms with Crippen molar-refractivity contribution in [3.63, 3.8) is 0 Å². The molecule has 4 heteroatoms. The van der Waals surface area contributed by atoms with Gasteiger partial charge in [0.25, 0.3) is 0 Å². The Labute approximate surface area is 98.6 Å². The molecule has 3 N–H and O–H groups in total. The Hall–Kier alpha value is -0.610. The van der Waals surface area contributed by atoms with Crippen LogP contribution < -0.4 is 11.1 Å². The molecule has 1 saturated carbocycles. The van der Waals surface area contributed by atoms with Crippen molar-refractivity contribution < 1.29 is 4.79 Å². The molecular weight excluding hydrogens is 202 g/mol. The summed E-state index contributed by atoms with van der Waals surface area (Å²) in [6.07, 6.45) is 3.46. The van der Waals surface area contributed by atoms with Crippen molar-refractivity contribution in [1.82, 2.24) is 10.2 Å². The summed E-state index contributed by atoms with van der Waals surface area (Å²) in [7, 11) is 0. The Balaban J connectivity index is 2.45. The number of nitrogens with zero attached hydrogens (tertiary/aromatic N) is 1. The molecule has 4 nitrogen and oxygen atoms in total. The summed E-state index contributed by atoms with van der Waals surface area (Å²) in [5, 5.41) is 3.32. The molecule has 0 radical (unpaired) electrons. The molecule has 1 atom stereocenters. The monoisotopic (exact) mass is 227 g/mol. The van der Waals surface area contributed by atoms with Gasteiger partial charge in [-0.3, -0.25) is 9.69 Å². The van der Waals surface area contributed by atoms with E-state index in [4.69, 9.17) is 5.73 Å². The number of primary amides is 1. The third-order valence-corrected chi connectivity index (χ3v) is 3.02. The van der Waals surface area contributed by atoms with Crippen LogP contribution in [0.25, 0.3) is 0 Å². The summed E-state index contributed by atoms with van der Waals surface area (Å²) in [4.78, 5) is 13.7. The highest BCUT2D eigenvalue weighted by Crippen LogP contribution is 2.19. The fourth-order valence-corrected chi connectivity index (χ4v) is 1.84. The van der Waals surface area contributed by atoms with Gasteiger partial charge in [-0.25, -0.2) is 0 Å². The van der Waals surface area contributed by atoms with Crippen molar-refractivity contribution in [2.24, 2.45) is 5.73 Å². The van der Waals surface area contributed by atoms with E-state index in [1.807, 2.05) is 0 Å². The van der Waals surface area contributed by atoms with Gasteiger partial charge in [-0.05, 0) is 39.7 Å². The number of hydrogen-bond acceptors (Lipinski definition) is 3. The molecule has 1 amide bonds. The highest BCUT2D eigenvalue weighted by Gasteiger charge is 2.28. The smallest absolute Gasteiger partial charge is 0.235 e. The van der Waals surface area contributed by atoms with Gasteiger partial charge in [0.15, 0.2) is 0 Å². The van der Waals surface area contributed by atoms with E-state index >= 15 is 0 Å². The maximum absolute atomic E-state index is 11.4. The lowest BCUT2D eigenvalue weighted by Gasteiger charge is -2.29. The number of nitrogens with one attached hydrogen (secondary N) is 1. The summed E-state index contributed by atoms with van der Waals surface area (Å²) >= 11 is 0. The third kappa shape index (κ3) is 4.49. The predicted molar refractivity (Wildman–Crippen MR) is 66.1 cm³/mol. The SMILES string of the molecule is CCCN(CC(NC1CC1)C(N)=O)C(C)C. The van der Waals surface area contributed by atoms with Gasteiger partial charge in [-0.15, -0.1) is 0 Å². The molecule has 0 saturated heterocycles. The molecule has 0 spiro atoms. The molecule has 1 aliphatic carbocycles. The van der Waals surface area contributed by atoms with Crippen LogP contribution in [-0.4, -0.2) is 42.0 Å². The normalized spacial score (nSPS) is 18.1. The average molecular weight is 227 g/mol. The van der Waals surface area contributed by atoms with Crippen LogP contribution in [0.3, 0.4) is 0 Å². The number of amides is 1. The minimum absolute atomic E-state index is 0.193. The molecular formula is C12H25N3O. The first-order valence-electron chi connectivity index (χ1n) is 6.34. The van der Waals surface area contributed by atoms with Crippen LogP contribution in [0.5, 0.6) is 0 Å². The van der Waals surface area contributed by atoms with Crippen molar-refractivity contribution in [3.8, 4) is 0 Å². The van der Waals surface area contributed by atoms with Crippen molar-refractivity contribution in [2.45, 2.75) is 58.2 Å². The van der Waals surface area contributed by atoms with Gasteiger partial charge in [0, 0.05) is 18.6 Å². The zero-order valence-electron chi connectivity index (χ0n) is 10.7. The first-order chi connectivity index (χ1) is 7.54. The molecule has 1 fully saturated rings. The number of hydrogen-bond donors (Lipinski definition) is 2. The van der Waals surface area contributed by atoms with Gasteiger partial charge in [0.05, 0.1) is 6.04 Å². The van der Waals surface area contributed by atoms with Gasteiger partial charge in [-0.2, -0.15) is 0 Å². The first-order valence-corrected chi connectivity index (χ1v) is 6.34. The zero-order chi connectivity index (χ0) is 12.1. The second kappa shape index (κ2) is 6.21. The zero-order valence-corrected chi connectivity index (χ0v) is 10.7. The second-order valence-electron chi connectivity index (χ2n) is 4.98. The van der Waals surface area contributed by atoms with E-state index in [9.17, 15) is 4.79 Å². The van der Waals surface area contributed by atoms with Crippen LogP contribution in [0, 0.1) is 0 Å². The summed E-state index contributed by atoms with van der Waals surface area (Å²) in [5.41, 5.74) is 5.43. The topological polar surface area (TPSA) is 58.4 Å². The van der Waals surface area contributed by atoms with E-state index in [2.05, 4.69) is 31.0 Å². The Morgan fingerprint density at radius 3 is 2.50 bits per heavy atom. The minimum Gasteiger partial charge on any atom is -0.368 e. The minimum atomic E-state index is -0.228. The maximum Gasteiger partial charge on any atom is 0.235 e. The summed E-state index contributed by atoms with van der Waals surface area (Å²) in [5.74, 6) is -0.228.